The van der Waals surface area contributed by atoms with Crippen molar-refractivity contribution in [2.45, 2.75) is 71.7 Å². The number of rotatable bonds is 10. The molecule has 0 saturated carbocycles. The molecule has 0 spiro atoms. The number of aryl methyl sites for hydroxylation is 1. The third kappa shape index (κ3) is 7.47. The molecule has 1 saturated heterocycles. The summed E-state index contributed by atoms with van der Waals surface area (Å²) in [7, 11) is 0. The van der Waals surface area contributed by atoms with Gasteiger partial charge in [-0.2, -0.15) is 0 Å². The summed E-state index contributed by atoms with van der Waals surface area (Å²) in [5.41, 5.74) is 5.38. The van der Waals surface area contributed by atoms with Gasteiger partial charge >= 0.3 is 17.9 Å². The molecule has 5 rings (SSSR count). The fraction of sp³-hybridized carbons (Fsp3) is 0.343. The van der Waals surface area contributed by atoms with Crippen molar-refractivity contribution in [3.05, 3.63) is 101 Å². The molecule has 9 heteroatoms. The van der Waals surface area contributed by atoms with Gasteiger partial charge < -0.3 is 28.3 Å². The molecule has 4 aromatic rings. The fourth-order valence-corrected chi connectivity index (χ4v) is 5.72. The second-order valence-electron chi connectivity index (χ2n) is 11.0. The first kappa shape index (κ1) is 30.8. The van der Waals surface area contributed by atoms with E-state index < -0.39 is 42.4 Å². The Bertz CT molecular complexity index is 1610. The summed E-state index contributed by atoms with van der Waals surface area (Å²) in [6.07, 6.45) is -0.206. The number of carbonyl (C=O) groups excluding carboxylic acids is 3. The third-order valence-electron chi connectivity index (χ3n) is 7.59. The Labute approximate surface area is 256 Å². The highest BCUT2D eigenvalue weighted by atomic mass is 16.6. The van der Waals surface area contributed by atoms with Gasteiger partial charge in [0.2, 0.25) is 0 Å². The van der Waals surface area contributed by atoms with E-state index in [-0.39, 0.29) is 13.0 Å². The Kier molecular flexibility index (Phi) is 9.65. The normalized spacial score (nSPS) is 19.7. The van der Waals surface area contributed by atoms with Crippen LogP contribution in [0.25, 0.3) is 10.9 Å². The van der Waals surface area contributed by atoms with Crippen molar-refractivity contribution in [2.75, 3.05) is 6.61 Å². The van der Waals surface area contributed by atoms with Crippen LogP contribution >= 0.6 is 0 Å². The van der Waals surface area contributed by atoms with Crippen molar-refractivity contribution in [1.29, 1.82) is 0 Å². The number of benzene rings is 3. The van der Waals surface area contributed by atoms with Gasteiger partial charge in [0.1, 0.15) is 37.4 Å². The van der Waals surface area contributed by atoms with E-state index in [4.69, 9.17) is 23.7 Å². The number of fused-ring (bicyclic) bond motifs is 1. The highest BCUT2D eigenvalue weighted by molar-refractivity contribution is 5.87. The van der Waals surface area contributed by atoms with Crippen LogP contribution in [-0.2, 0) is 46.4 Å². The molecule has 1 aliphatic heterocycles. The predicted octanol–water partition coefficient (Wildman–Crippen LogP) is 5.83. The van der Waals surface area contributed by atoms with Crippen LogP contribution in [0.5, 0.6) is 5.75 Å². The maximum absolute atomic E-state index is 12.1. The first-order valence-electron chi connectivity index (χ1n) is 14.7. The average molecular weight is 600 g/mol. The van der Waals surface area contributed by atoms with Gasteiger partial charge in [-0.3, -0.25) is 14.4 Å². The van der Waals surface area contributed by atoms with Crippen molar-refractivity contribution in [3.63, 3.8) is 0 Å². The Hall–Kier alpha value is -4.63. The number of carbonyl (C=O) groups is 3. The molecule has 1 fully saturated rings. The van der Waals surface area contributed by atoms with E-state index in [2.05, 4.69) is 31.3 Å². The van der Waals surface area contributed by atoms with Gasteiger partial charge in [-0.15, -0.1) is 0 Å². The molecule has 0 N–H and O–H groups in total. The first-order chi connectivity index (χ1) is 21.2. The Morgan fingerprint density at radius 1 is 0.841 bits per heavy atom. The highest BCUT2D eigenvalue weighted by Gasteiger charge is 2.44. The van der Waals surface area contributed by atoms with Gasteiger partial charge in [-0.1, -0.05) is 54.6 Å². The molecule has 0 bridgehead atoms. The Morgan fingerprint density at radius 3 is 2.25 bits per heavy atom. The third-order valence-corrected chi connectivity index (χ3v) is 7.59. The monoisotopic (exact) mass is 599 g/mol. The minimum atomic E-state index is -0.933. The van der Waals surface area contributed by atoms with E-state index in [1.54, 1.807) is 0 Å². The molecule has 0 radical (unpaired) electrons. The van der Waals surface area contributed by atoms with Crippen molar-refractivity contribution in [2.24, 2.45) is 0 Å². The van der Waals surface area contributed by atoms with Crippen LogP contribution in [0.2, 0.25) is 0 Å². The molecule has 44 heavy (non-hydrogen) atoms. The van der Waals surface area contributed by atoms with E-state index in [1.807, 2.05) is 59.2 Å². The molecule has 1 aromatic heterocycles. The summed E-state index contributed by atoms with van der Waals surface area (Å²) in [4.78, 5) is 35.7. The number of hydrogen-bond acceptors (Lipinski definition) is 8. The Morgan fingerprint density at radius 2 is 1.57 bits per heavy atom. The number of nitrogens with zero attached hydrogens (tertiary/aromatic N) is 1. The van der Waals surface area contributed by atoms with Gasteiger partial charge in [-0.05, 0) is 53.8 Å². The van der Waals surface area contributed by atoms with Gasteiger partial charge in [-0.25, -0.2) is 0 Å². The standard InChI is InChI=1S/C35H37NO8/c1-22-9-8-12-30-34(22)28(17-26-13-15-29(16-14-26)41-20-27-10-6-5-7-11-27)19-36(30)33-18-31(42-24(3)38)35(43-25(4)39)32(44-33)21-40-23(2)37/h5-16,19,31-33,35H,17-18,20-21H2,1-4H3. The maximum Gasteiger partial charge on any atom is 0.303 e. The quantitative estimate of drug-likeness (QED) is 0.166. The van der Waals surface area contributed by atoms with Crippen LogP contribution in [0.3, 0.4) is 0 Å². The van der Waals surface area contributed by atoms with Crippen LogP contribution in [0.1, 0.15) is 55.7 Å². The summed E-state index contributed by atoms with van der Waals surface area (Å²) in [5, 5.41) is 1.10. The van der Waals surface area contributed by atoms with Gasteiger partial charge in [0.05, 0.1) is 5.52 Å². The molecule has 3 aromatic carbocycles. The van der Waals surface area contributed by atoms with Crippen LogP contribution in [0.4, 0.5) is 0 Å². The number of esters is 3. The molecular weight excluding hydrogens is 562 g/mol. The second-order valence-corrected chi connectivity index (χ2v) is 11.0. The molecule has 230 valence electrons. The number of aromatic nitrogens is 1. The lowest BCUT2D eigenvalue weighted by Gasteiger charge is -2.40. The molecule has 0 amide bonds. The molecule has 1 aliphatic rings. The zero-order valence-corrected chi connectivity index (χ0v) is 25.4. The van der Waals surface area contributed by atoms with E-state index in [1.165, 1.54) is 20.8 Å². The molecular formula is C35H37NO8. The lowest BCUT2D eigenvalue weighted by molar-refractivity contribution is -0.226. The van der Waals surface area contributed by atoms with Crippen LogP contribution < -0.4 is 4.74 Å². The molecule has 0 aliphatic carbocycles. The minimum Gasteiger partial charge on any atom is -0.489 e. The lowest BCUT2D eigenvalue weighted by Crippen LogP contribution is -2.52. The van der Waals surface area contributed by atoms with E-state index >= 15 is 0 Å². The SMILES string of the molecule is CC(=O)OCC1OC(n2cc(Cc3ccc(OCc4ccccc4)cc3)c3c(C)cccc32)CC(OC(C)=O)C1OC(C)=O. The van der Waals surface area contributed by atoms with Crippen LogP contribution in [0, 0.1) is 6.92 Å². The maximum atomic E-state index is 12.1. The van der Waals surface area contributed by atoms with E-state index in [0.717, 1.165) is 38.9 Å². The summed E-state index contributed by atoms with van der Waals surface area (Å²) in [6.45, 7) is 6.28. The summed E-state index contributed by atoms with van der Waals surface area (Å²) in [6, 6.07) is 24.2. The molecule has 9 nitrogen and oxygen atoms in total. The fourth-order valence-electron chi connectivity index (χ4n) is 5.72. The molecule has 4 unspecified atom stereocenters. The summed E-state index contributed by atoms with van der Waals surface area (Å²) < 4.78 is 30.8. The smallest absolute Gasteiger partial charge is 0.303 e. The second kappa shape index (κ2) is 13.8. The number of ether oxygens (including phenoxy) is 5. The van der Waals surface area contributed by atoms with Crippen LogP contribution in [0.15, 0.2) is 79.0 Å². The van der Waals surface area contributed by atoms with E-state index in [0.29, 0.717) is 13.0 Å². The lowest BCUT2D eigenvalue weighted by atomic mass is 10.00. The first-order valence-corrected chi connectivity index (χ1v) is 14.7. The number of hydrogen-bond donors (Lipinski definition) is 0. The summed E-state index contributed by atoms with van der Waals surface area (Å²) in [5.74, 6) is -0.765. The van der Waals surface area contributed by atoms with Gasteiger partial charge in [0.15, 0.2) is 6.10 Å². The minimum absolute atomic E-state index is 0.161. The topological polar surface area (TPSA) is 102 Å². The molecule has 4 atom stereocenters. The average Bonchev–Trinajstić information content (AvgIpc) is 3.36. The van der Waals surface area contributed by atoms with Crippen molar-refractivity contribution in [3.8, 4) is 5.75 Å². The summed E-state index contributed by atoms with van der Waals surface area (Å²) >= 11 is 0. The van der Waals surface area contributed by atoms with Crippen LogP contribution in [-0.4, -0.2) is 47.4 Å². The van der Waals surface area contributed by atoms with Gasteiger partial charge in [0.25, 0.3) is 0 Å². The van der Waals surface area contributed by atoms with Crippen molar-refractivity contribution < 1.29 is 38.1 Å². The van der Waals surface area contributed by atoms with Crippen molar-refractivity contribution in [1.82, 2.24) is 4.57 Å². The Balaban J connectivity index is 1.42. The van der Waals surface area contributed by atoms with Crippen molar-refractivity contribution >= 4 is 28.8 Å². The zero-order chi connectivity index (χ0) is 31.2. The van der Waals surface area contributed by atoms with E-state index in [9.17, 15) is 14.4 Å². The van der Waals surface area contributed by atoms with Gasteiger partial charge in [0, 0.05) is 38.8 Å². The molecule has 2 heterocycles. The predicted molar refractivity (Wildman–Crippen MR) is 163 cm³/mol. The highest BCUT2D eigenvalue weighted by Crippen LogP contribution is 2.37. The zero-order valence-electron chi connectivity index (χ0n) is 25.4. The largest absolute Gasteiger partial charge is 0.489 e.